The van der Waals surface area contributed by atoms with Crippen LogP contribution >= 0.6 is 11.3 Å². The Morgan fingerprint density at radius 3 is 2.88 bits per heavy atom. The number of hydrogen-bond acceptors (Lipinski definition) is 5. The zero-order valence-corrected chi connectivity index (χ0v) is 10.8. The molecule has 17 heavy (non-hydrogen) atoms. The summed E-state index contributed by atoms with van der Waals surface area (Å²) >= 11 is 1.49. The quantitative estimate of drug-likeness (QED) is 0.838. The molecule has 0 unspecified atom stereocenters. The molecule has 0 spiro atoms. The van der Waals surface area contributed by atoms with Gasteiger partial charge in [0.2, 0.25) is 0 Å². The lowest BCUT2D eigenvalue weighted by Crippen LogP contribution is -2.26. The van der Waals surface area contributed by atoms with Crippen molar-refractivity contribution in [1.29, 1.82) is 0 Å². The zero-order valence-electron chi connectivity index (χ0n) is 9.17. The van der Waals surface area contributed by atoms with Gasteiger partial charge in [-0.2, -0.15) is 0 Å². The number of aryl methyl sites for hydroxylation is 1. The van der Waals surface area contributed by atoms with Crippen molar-refractivity contribution in [1.82, 2.24) is 19.7 Å². The van der Waals surface area contributed by atoms with Gasteiger partial charge in [-0.1, -0.05) is 0 Å². The molecule has 0 radical (unpaired) electrons. The average molecular weight is 272 g/mol. The molecule has 2 N–H and O–H groups in total. The lowest BCUT2D eigenvalue weighted by molar-refractivity contribution is 0.578. The fourth-order valence-corrected chi connectivity index (χ4v) is 2.88. The van der Waals surface area contributed by atoms with Crippen molar-refractivity contribution in [3.05, 3.63) is 28.6 Å². The zero-order chi connectivity index (χ0) is 12.3. The Balaban J connectivity index is 1.94. The van der Waals surface area contributed by atoms with Crippen molar-refractivity contribution in [2.24, 2.45) is 0 Å². The Morgan fingerprint density at radius 1 is 1.47 bits per heavy atom. The van der Waals surface area contributed by atoms with Crippen LogP contribution in [0.3, 0.4) is 0 Å². The van der Waals surface area contributed by atoms with Crippen LogP contribution in [0, 0.1) is 6.92 Å². The summed E-state index contributed by atoms with van der Waals surface area (Å²) in [4.78, 5) is 10.6. The fraction of sp³-hybridized carbons (Fsp3) is 0.333. The Bertz CT molecular complexity index is 574. The van der Waals surface area contributed by atoms with E-state index < -0.39 is 10.0 Å². The summed E-state index contributed by atoms with van der Waals surface area (Å²) in [5.74, 6) is 0.574. The second-order valence-electron chi connectivity index (χ2n) is 3.46. The maximum atomic E-state index is 11.8. The van der Waals surface area contributed by atoms with Crippen molar-refractivity contribution in [3.8, 4) is 0 Å². The lowest BCUT2D eigenvalue weighted by Gasteiger charge is -2.02. The number of sulfonamides is 1. The first-order valence-electron chi connectivity index (χ1n) is 4.96. The molecule has 2 rings (SSSR count). The maximum absolute atomic E-state index is 11.8. The Morgan fingerprint density at radius 2 is 2.29 bits per heavy atom. The van der Waals surface area contributed by atoms with Gasteiger partial charge in [0, 0.05) is 18.3 Å². The van der Waals surface area contributed by atoms with Gasteiger partial charge in [0.05, 0.1) is 17.4 Å². The van der Waals surface area contributed by atoms with Gasteiger partial charge in [-0.05, 0) is 6.92 Å². The van der Waals surface area contributed by atoms with E-state index in [2.05, 4.69) is 19.7 Å². The minimum Gasteiger partial charge on any atom is -0.332 e. The number of aromatic amines is 1. The summed E-state index contributed by atoms with van der Waals surface area (Å²) in [6, 6.07) is 0. The maximum Gasteiger partial charge on any atom is 0.257 e. The van der Waals surface area contributed by atoms with Crippen molar-refractivity contribution in [3.63, 3.8) is 0 Å². The molecule has 92 valence electrons. The van der Waals surface area contributed by atoms with E-state index in [1.165, 1.54) is 17.5 Å². The van der Waals surface area contributed by atoms with E-state index in [-0.39, 0.29) is 5.03 Å². The summed E-state index contributed by atoms with van der Waals surface area (Å²) in [7, 11) is -3.49. The molecular formula is C9H12N4O2S2. The first-order chi connectivity index (χ1) is 8.08. The molecule has 8 heteroatoms. The van der Waals surface area contributed by atoms with Gasteiger partial charge in [-0.3, -0.25) is 0 Å². The molecule has 2 aromatic heterocycles. The average Bonchev–Trinajstić information content (AvgIpc) is 2.89. The SMILES string of the molecule is Cc1ncc(S(=O)(=O)NCCc2cscn2)[nH]1. The van der Waals surface area contributed by atoms with Crippen molar-refractivity contribution in [2.75, 3.05) is 6.54 Å². The minimum atomic E-state index is -3.49. The number of aromatic nitrogens is 3. The first-order valence-corrected chi connectivity index (χ1v) is 7.39. The smallest absolute Gasteiger partial charge is 0.257 e. The van der Waals surface area contributed by atoms with Gasteiger partial charge in [0.15, 0.2) is 5.03 Å². The van der Waals surface area contributed by atoms with Gasteiger partial charge >= 0.3 is 0 Å². The van der Waals surface area contributed by atoms with E-state index in [0.29, 0.717) is 18.8 Å². The number of hydrogen-bond donors (Lipinski definition) is 2. The summed E-state index contributed by atoms with van der Waals surface area (Å²) in [5.41, 5.74) is 2.61. The van der Waals surface area contributed by atoms with E-state index in [0.717, 1.165) is 5.69 Å². The summed E-state index contributed by atoms with van der Waals surface area (Å²) in [6.07, 6.45) is 1.89. The molecule has 0 saturated heterocycles. The molecule has 0 fully saturated rings. The lowest BCUT2D eigenvalue weighted by atomic mass is 10.3. The number of imidazole rings is 1. The minimum absolute atomic E-state index is 0.0910. The van der Waals surface area contributed by atoms with E-state index in [1.54, 1.807) is 12.4 Å². The number of thiazole rings is 1. The summed E-state index contributed by atoms with van der Waals surface area (Å²) in [6.45, 7) is 2.03. The highest BCUT2D eigenvalue weighted by Gasteiger charge is 2.15. The summed E-state index contributed by atoms with van der Waals surface area (Å²) in [5, 5.41) is 1.99. The molecular weight excluding hydrogens is 260 g/mol. The van der Waals surface area contributed by atoms with E-state index in [9.17, 15) is 8.42 Å². The molecule has 2 heterocycles. The molecule has 0 bridgehead atoms. The van der Waals surface area contributed by atoms with E-state index in [1.807, 2.05) is 5.38 Å². The molecule has 0 saturated carbocycles. The number of nitrogens with zero attached hydrogens (tertiary/aromatic N) is 2. The third-order valence-electron chi connectivity index (χ3n) is 2.13. The van der Waals surface area contributed by atoms with Gasteiger partial charge < -0.3 is 4.98 Å². The highest BCUT2D eigenvalue weighted by Crippen LogP contribution is 2.05. The standard InChI is InChI=1S/C9H12N4O2S2/c1-7-10-4-9(13-7)17(14,15)12-3-2-8-5-16-6-11-8/h4-6,12H,2-3H2,1H3,(H,10,13). The predicted octanol–water partition coefficient (Wildman–Crippen LogP) is 0.696. The predicted molar refractivity (Wildman–Crippen MR) is 64.3 cm³/mol. The van der Waals surface area contributed by atoms with E-state index in [4.69, 9.17) is 0 Å². The second kappa shape index (κ2) is 4.94. The molecule has 0 atom stereocenters. The van der Waals surface area contributed by atoms with Crippen LogP contribution in [0.1, 0.15) is 11.5 Å². The van der Waals surface area contributed by atoms with Crippen LogP contribution in [0.5, 0.6) is 0 Å². The van der Waals surface area contributed by atoms with Gasteiger partial charge in [-0.25, -0.2) is 23.1 Å². The second-order valence-corrected chi connectivity index (χ2v) is 5.91. The molecule has 2 aromatic rings. The largest absolute Gasteiger partial charge is 0.332 e. The van der Waals surface area contributed by atoms with Crippen LogP contribution in [-0.2, 0) is 16.4 Å². The summed E-state index contributed by atoms with van der Waals surface area (Å²) < 4.78 is 26.0. The highest BCUT2D eigenvalue weighted by atomic mass is 32.2. The third-order valence-corrected chi connectivity index (χ3v) is 4.13. The van der Waals surface area contributed by atoms with Crippen molar-refractivity contribution >= 4 is 21.4 Å². The van der Waals surface area contributed by atoms with Gasteiger partial charge in [-0.15, -0.1) is 11.3 Å². The molecule has 0 amide bonds. The van der Waals surface area contributed by atoms with Crippen LogP contribution < -0.4 is 4.72 Å². The Labute approximate surface area is 103 Å². The molecule has 0 aromatic carbocycles. The van der Waals surface area contributed by atoms with Gasteiger partial charge in [0.25, 0.3) is 10.0 Å². The Hall–Kier alpha value is -1.25. The van der Waals surface area contributed by atoms with Gasteiger partial charge in [0.1, 0.15) is 5.82 Å². The normalized spacial score (nSPS) is 11.8. The molecule has 0 aliphatic carbocycles. The first kappa shape index (κ1) is 12.2. The topological polar surface area (TPSA) is 87.7 Å². The molecule has 0 aliphatic rings. The number of rotatable bonds is 5. The Kier molecular flexibility index (Phi) is 3.55. The van der Waals surface area contributed by atoms with Crippen molar-refractivity contribution in [2.45, 2.75) is 18.4 Å². The van der Waals surface area contributed by atoms with Crippen LogP contribution in [0.2, 0.25) is 0 Å². The van der Waals surface area contributed by atoms with Crippen molar-refractivity contribution < 1.29 is 8.42 Å². The van der Waals surface area contributed by atoms with Crippen LogP contribution in [0.4, 0.5) is 0 Å². The van der Waals surface area contributed by atoms with Crippen LogP contribution in [-0.4, -0.2) is 29.9 Å². The highest BCUT2D eigenvalue weighted by molar-refractivity contribution is 7.89. The number of H-pyrrole nitrogens is 1. The van der Waals surface area contributed by atoms with Crippen LogP contribution in [0.25, 0.3) is 0 Å². The van der Waals surface area contributed by atoms with E-state index >= 15 is 0 Å². The van der Waals surface area contributed by atoms with Crippen LogP contribution in [0.15, 0.2) is 22.1 Å². The molecule has 0 aliphatic heterocycles. The fourth-order valence-electron chi connectivity index (χ4n) is 1.29. The monoisotopic (exact) mass is 272 g/mol. The third kappa shape index (κ3) is 3.11. The number of nitrogens with one attached hydrogen (secondary N) is 2. The molecule has 6 nitrogen and oxygen atoms in total.